The number of ether oxygens (including phenoxy) is 3. The van der Waals surface area contributed by atoms with Crippen molar-refractivity contribution in [3.8, 4) is 11.1 Å². The van der Waals surface area contributed by atoms with Crippen LogP contribution in [0.25, 0.3) is 27.4 Å². The summed E-state index contributed by atoms with van der Waals surface area (Å²) in [5.74, 6) is -1.90. The predicted octanol–water partition coefficient (Wildman–Crippen LogP) is 9.90. The van der Waals surface area contributed by atoms with E-state index in [1.54, 1.807) is 36.5 Å². The van der Waals surface area contributed by atoms with Crippen LogP contribution in [-0.2, 0) is 52.9 Å². The number of anilines is 3. The summed E-state index contributed by atoms with van der Waals surface area (Å²) in [7, 11) is 0. The molecule has 5 N–H and O–H groups in total. The predicted molar refractivity (Wildman–Crippen MR) is 337 cm³/mol. The summed E-state index contributed by atoms with van der Waals surface area (Å²) in [5, 5.41) is 27.5. The third-order valence-corrected chi connectivity index (χ3v) is 18.7. The highest BCUT2D eigenvalue weighted by atomic mass is 32.1. The lowest BCUT2D eigenvalue weighted by atomic mass is 9.39. The van der Waals surface area contributed by atoms with Gasteiger partial charge in [-0.05, 0) is 146 Å². The number of carbonyl (C=O) groups is 7. The monoisotopic (exact) mass is 1230 g/mol. The van der Waals surface area contributed by atoms with Crippen molar-refractivity contribution >= 4 is 85.9 Å². The molecule has 2 aliphatic heterocycles. The molecule has 21 nitrogen and oxygen atoms in total. The second-order valence-electron chi connectivity index (χ2n) is 25.2. The fourth-order valence-electron chi connectivity index (χ4n) is 15.2. The van der Waals surface area contributed by atoms with Gasteiger partial charge in [0.25, 0.3) is 17.7 Å². The van der Waals surface area contributed by atoms with Gasteiger partial charge in [-0.15, -0.1) is 0 Å². The highest BCUT2D eigenvalue weighted by Gasteiger charge is 2.66. The SMILES string of the molecule is Cc1c(-c2ccc(N3CCc4cccc(C(=O)Nc5nc6ccccc6s5)c4C3)nc2C(=O)O)cnn1CC12CC3(C)CC(C)(C1)CC(OCCOCCNC(=O)OC/C=C/c1cccc(NC(=O)CCNC(=O)CCCCCN4C(=O)C=CC4=O)c1)(C3)C2. The Hall–Kier alpha value is -8.60. The maximum atomic E-state index is 13.8. The molecule has 6 amide bonds. The molecule has 6 aromatic rings. The first kappa shape index (κ1) is 62.0. The Morgan fingerprint density at radius 1 is 0.775 bits per heavy atom. The fourth-order valence-corrected chi connectivity index (χ4v) is 16.0. The first-order chi connectivity index (χ1) is 42.8. The van der Waals surface area contributed by atoms with Crippen LogP contribution in [0, 0.1) is 23.2 Å². The number of aromatic nitrogens is 4. The van der Waals surface area contributed by atoms with Gasteiger partial charge in [0.1, 0.15) is 12.4 Å². The number of alkyl carbamates (subject to hydrolysis) is 1. The maximum Gasteiger partial charge on any atom is 0.407 e. The van der Waals surface area contributed by atoms with E-state index in [1.807, 2.05) is 72.5 Å². The zero-order valence-corrected chi connectivity index (χ0v) is 51.4. The molecule has 3 aromatic carbocycles. The van der Waals surface area contributed by atoms with Crippen molar-refractivity contribution in [3.63, 3.8) is 0 Å². The average molecular weight is 1230 g/mol. The molecule has 12 rings (SSSR count). The Balaban J connectivity index is 0.607. The molecule has 2 unspecified atom stereocenters. The zero-order chi connectivity index (χ0) is 62.3. The molecule has 2 atom stereocenters. The minimum Gasteiger partial charge on any atom is -0.476 e. The molecular formula is C67H76N10O11S. The molecule has 3 aromatic heterocycles. The van der Waals surface area contributed by atoms with Crippen molar-refractivity contribution in [1.29, 1.82) is 0 Å². The number of rotatable bonds is 27. The number of benzene rings is 3. The van der Waals surface area contributed by atoms with Crippen molar-refractivity contribution in [2.75, 3.05) is 68.1 Å². The highest BCUT2D eigenvalue weighted by Crippen LogP contribution is 2.72. The average Bonchev–Trinajstić information content (AvgIpc) is 0.869. The van der Waals surface area contributed by atoms with Gasteiger partial charge in [0, 0.05) is 92.3 Å². The van der Waals surface area contributed by atoms with Gasteiger partial charge in [-0.3, -0.25) is 38.9 Å². The number of carboxylic acid groups (broad SMARTS) is 1. The van der Waals surface area contributed by atoms with Crippen LogP contribution >= 0.6 is 11.3 Å². The first-order valence-corrected chi connectivity index (χ1v) is 31.5. The Labute approximate surface area is 520 Å². The Bertz CT molecular complexity index is 3690. The summed E-state index contributed by atoms with van der Waals surface area (Å²) in [6.45, 7) is 10.3. The van der Waals surface area contributed by atoms with Crippen molar-refractivity contribution in [3.05, 3.63) is 137 Å². The molecular weight excluding hydrogens is 1150 g/mol. The van der Waals surface area contributed by atoms with E-state index in [0.29, 0.717) is 92.8 Å². The molecule has 4 aliphatic carbocycles. The van der Waals surface area contributed by atoms with Crippen LogP contribution in [0.3, 0.4) is 0 Å². The third kappa shape index (κ3) is 14.8. The van der Waals surface area contributed by atoms with Crippen molar-refractivity contribution in [1.82, 2.24) is 35.3 Å². The van der Waals surface area contributed by atoms with Gasteiger partial charge in [0.05, 0.1) is 41.8 Å². The number of hydrogen-bond acceptors (Lipinski definition) is 15. The normalized spacial score (nSPS) is 21.6. The summed E-state index contributed by atoms with van der Waals surface area (Å²) in [5.41, 5.74) is 6.48. The quantitative estimate of drug-likeness (QED) is 0.0237. The molecule has 22 heteroatoms. The molecule has 0 saturated heterocycles. The summed E-state index contributed by atoms with van der Waals surface area (Å²) < 4.78 is 21.2. The number of amides is 6. The molecule has 0 spiro atoms. The molecule has 4 bridgehead atoms. The fraction of sp³-hybridized carbons (Fsp3) is 0.433. The number of carboxylic acids is 1. The molecule has 5 heterocycles. The first-order valence-electron chi connectivity index (χ1n) is 30.6. The number of unbranched alkanes of at least 4 members (excludes halogenated alkanes) is 2. The highest BCUT2D eigenvalue weighted by molar-refractivity contribution is 7.22. The van der Waals surface area contributed by atoms with E-state index in [2.05, 4.69) is 44.8 Å². The number of nitrogens with one attached hydrogen (secondary N) is 4. The van der Waals surface area contributed by atoms with Gasteiger partial charge in [-0.25, -0.2) is 19.6 Å². The number of carbonyl (C=O) groups excluding carboxylic acids is 6. The van der Waals surface area contributed by atoms with Gasteiger partial charge in [-0.1, -0.05) is 74.1 Å². The lowest BCUT2D eigenvalue weighted by Crippen LogP contribution is -2.64. The topological polar surface area (TPSA) is 266 Å². The van der Waals surface area contributed by atoms with Gasteiger partial charge >= 0.3 is 12.1 Å². The lowest BCUT2D eigenvalue weighted by molar-refractivity contribution is -0.250. The van der Waals surface area contributed by atoms with Gasteiger partial charge in [0.15, 0.2) is 10.8 Å². The molecule has 466 valence electrons. The summed E-state index contributed by atoms with van der Waals surface area (Å²) in [6, 6.07) is 24.4. The van der Waals surface area contributed by atoms with E-state index in [4.69, 9.17) is 24.3 Å². The number of thiazole rings is 1. The smallest absolute Gasteiger partial charge is 0.407 e. The van der Waals surface area contributed by atoms with E-state index in [1.165, 1.54) is 28.4 Å². The van der Waals surface area contributed by atoms with Crippen molar-refractivity contribution in [2.24, 2.45) is 16.2 Å². The minimum atomic E-state index is -1.13. The van der Waals surface area contributed by atoms with E-state index in [9.17, 15) is 38.7 Å². The van der Waals surface area contributed by atoms with Crippen molar-refractivity contribution in [2.45, 2.75) is 117 Å². The molecule has 6 aliphatic rings. The summed E-state index contributed by atoms with van der Waals surface area (Å²) >= 11 is 1.42. The van der Waals surface area contributed by atoms with Crippen molar-refractivity contribution < 1.29 is 52.9 Å². The van der Waals surface area contributed by atoms with Crippen LogP contribution in [0.1, 0.15) is 128 Å². The molecule has 0 radical (unpaired) electrons. The molecule has 89 heavy (non-hydrogen) atoms. The number of aromatic carboxylic acids is 1. The van der Waals surface area contributed by atoms with E-state index < -0.39 is 12.1 Å². The van der Waals surface area contributed by atoms with Crippen LogP contribution in [0.2, 0.25) is 0 Å². The second-order valence-corrected chi connectivity index (χ2v) is 26.3. The molecule has 4 fully saturated rings. The lowest BCUT2D eigenvalue weighted by Gasteiger charge is -2.69. The summed E-state index contributed by atoms with van der Waals surface area (Å²) in [6.07, 6.45) is 16.2. The van der Waals surface area contributed by atoms with Crippen LogP contribution < -0.4 is 26.2 Å². The number of nitrogens with zero attached hydrogens (tertiary/aromatic N) is 6. The number of imide groups is 1. The van der Waals surface area contributed by atoms with Crippen LogP contribution in [0.5, 0.6) is 0 Å². The number of hydrogen-bond donors (Lipinski definition) is 5. The van der Waals surface area contributed by atoms with Crippen LogP contribution in [0.15, 0.2) is 103 Å². The molecule has 4 saturated carbocycles. The Morgan fingerprint density at radius 3 is 2.37 bits per heavy atom. The van der Waals surface area contributed by atoms with Crippen LogP contribution in [0.4, 0.5) is 21.4 Å². The van der Waals surface area contributed by atoms with Gasteiger partial charge in [-0.2, -0.15) is 5.10 Å². The number of para-hydroxylation sites is 1. The zero-order valence-electron chi connectivity index (χ0n) is 50.6. The minimum absolute atomic E-state index is 0.0292. The van der Waals surface area contributed by atoms with E-state index >= 15 is 0 Å². The van der Waals surface area contributed by atoms with Gasteiger partial charge < -0.3 is 40.2 Å². The van der Waals surface area contributed by atoms with Gasteiger partial charge in [0.2, 0.25) is 11.8 Å². The maximum absolute atomic E-state index is 13.8. The largest absolute Gasteiger partial charge is 0.476 e. The van der Waals surface area contributed by atoms with E-state index in [0.717, 1.165) is 76.7 Å². The third-order valence-electron chi connectivity index (χ3n) is 17.8. The van der Waals surface area contributed by atoms with Crippen LogP contribution in [-0.4, -0.2) is 130 Å². The number of pyridine rings is 1. The standard InChI is InChI=1S/C67H76N10O11S/c1-44-50(48-20-21-54(73-59(48)61(83)84)75-29-25-46-14-10-16-49(51(46)36-75)60(82)74-62-72-52-17-6-7-18-53(52)89-62)35-70-77(44)43-66-38-64(2)37-65(3,39-66)41-67(40-64,42-66)88-33-32-86-31-27-69-63(85)87-30-11-13-45-12-9-15-47(34-45)71-56(79)24-26-68-55(78)19-5-4-8-28-76-57(80)22-23-58(76)81/h6-7,9-18,20-23,34-35H,4-5,8,19,24-33,36-43H2,1-3H3,(H,68,78)(H,69,85)(H,71,79)(H,83,84)(H,72,74,82)/b13-11+. The number of fused-ring (bicyclic) bond motifs is 2. The second kappa shape index (κ2) is 26.6. The van der Waals surface area contributed by atoms with E-state index in [-0.39, 0.29) is 96.2 Å². The summed E-state index contributed by atoms with van der Waals surface area (Å²) in [4.78, 5) is 100. The Kier molecular flexibility index (Phi) is 18.6. The Morgan fingerprint density at radius 2 is 1.57 bits per heavy atom.